The van der Waals surface area contributed by atoms with Crippen molar-refractivity contribution in [3.8, 4) is 11.5 Å². The van der Waals surface area contributed by atoms with Gasteiger partial charge in [0.25, 0.3) is 10.1 Å². The molecule has 1 unspecified atom stereocenters. The fraction of sp³-hybridized carbons (Fsp3) is 0.222. The maximum absolute atomic E-state index is 11.3. The monoisotopic (exact) mass is 546 g/mol. The molecule has 0 aliphatic heterocycles. The average Bonchev–Trinajstić information content (AvgIpc) is 3.04. The van der Waals surface area contributed by atoms with Gasteiger partial charge in [0, 0.05) is 5.39 Å². The van der Waals surface area contributed by atoms with Crippen LogP contribution in [0.4, 0.5) is 0 Å². The van der Waals surface area contributed by atoms with Gasteiger partial charge < -0.3 is 18.9 Å². The quantitative estimate of drug-likeness (QED) is 0.222. The van der Waals surface area contributed by atoms with Gasteiger partial charge >= 0.3 is 162 Å². The summed E-state index contributed by atoms with van der Waals surface area (Å²) in [6, 6.07) is 14.3. The van der Waals surface area contributed by atoms with Gasteiger partial charge in [-0.3, -0.25) is 9.12 Å². The fourth-order valence-corrected chi connectivity index (χ4v) is 5.25. The van der Waals surface area contributed by atoms with Crippen LogP contribution in [0.3, 0.4) is 0 Å². The molecule has 3 rings (SSSR count). The van der Waals surface area contributed by atoms with Crippen LogP contribution in [0, 0.1) is 0 Å². The van der Waals surface area contributed by atoms with Crippen LogP contribution < -0.4 is 4.74 Å². The van der Waals surface area contributed by atoms with Crippen LogP contribution >= 0.6 is 7.60 Å². The Morgan fingerprint density at radius 3 is 2.32 bits per heavy atom. The average molecular weight is 547 g/mol. The van der Waals surface area contributed by atoms with Gasteiger partial charge in [-0.1, -0.05) is 12.1 Å². The summed E-state index contributed by atoms with van der Waals surface area (Å²) in [6.07, 6.45) is 1.77. The molecule has 0 saturated carbocycles. The second kappa shape index (κ2) is 15.1. The number of fused-ring (bicyclic) bond motifs is 1. The second-order valence-electron chi connectivity index (χ2n) is 6.32. The van der Waals surface area contributed by atoms with Gasteiger partial charge in [0.05, 0.1) is 6.26 Å². The van der Waals surface area contributed by atoms with Gasteiger partial charge in [0.1, 0.15) is 17.1 Å². The van der Waals surface area contributed by atoms with E-state index in [-0.39, 0.29) is 167 Å². The van der Waals surface area contributed by atoms with Gasteiger partial charge in [0.15, 0.2) is 4.99 Å². The Morgan fingerprint density at radius 1 is 1.00 bits per heavy atom. The first-order valence-corrected chi connectivity index (χ1v) is 11.6. The summed E-state index contributed by atoms with van der Waals surface area (Å²) in [6.45, 7) is 0. The summed E-state index contributed by atoms with van der Waals surface area (Å²) in [7, 11) is -9.79. The molecule has 1 heterocycles. The summed E-state index contributed by atoms with van der Waals surface area (Å²) in [5.74, 6) is 1.20. The third-order valence-corrected chi connectivity index (χ3v) is 7.75. The topological polar surface area (TPSA) is 134 Å². The summed E-state index contributed by atoms with van der Waals surface area (Å²) >= 11 is 0. The van der Waals surface area contributed by atoms with Crippen molar-refractivity contribution >= 4 is 183 Å². The van der Waals surface area contributed by atoms with Crippen LogP contribution in [0.15, 0.2) is 59.2 Å². The molecule has 31 heavy (non-hydrogen) atoms. The van der Waals surface area contributed by atoms with E-state index in [1.54, 1.807) is 42.7 Å². The van der Waals surface area contributed by atoms with Crippen LogP contribution in [-0.4, -0.2) is 182 Å². The van der Waals surface area contributed by atoms with Gasteiger partial charge in [-0.05, 0) is 61.2 Å². The van der Waals surface area contributed by atoms with E-state index in [2.05, 4.69) is 0 Å². The fourth-order valence-electron chi connectivity index (χ4n) is 2.88. The molecule has 0 radical (unpaired) electrons. The van der Waals surface area contributed by atoms with E-state index in [1.807, 2.05) is 12.1 Å². The molecule has 156 valence electrons. The number of hydrogen-bond donors (Lipinski definition) is 3. The standard InChI is InChI=1S/C18H19O8PS.3K.3H/c19-27(20,21)18(28(22,23)24)6-2-4-13-3-1-5-15(11-13)26-16-7-8-17-14(12-16)9-10-25-17;;;;;;/h1,3,5,7-12,18H,2,4,6H2,(H2,19,20,21)(H,22,23,24);;;;;;. The van der Waals surface area contributed by atoms with E-state index >= 15 is 0 Å². The molecule has 3 aromatic rings. The Balaban J connectivity index is 0.00000300. The Morgan fingerprint density at radius 2 is 1.68 bits per heavy atom. The predicted octanol–water partition coefficient (Wildman–Crippen LogP) is 1.99. The number of furan rings is 1. The minimum atomic E-state index is -4.96. The van der Waals surface area contributed by atoms with E-state index in [1.165, 1.54) is 0 Å². The van der Waals surface area contributed by atoms with E-state index in [9.17, 15) is 13.0 Å². The van der Waals surface area contributed by atoms with E-state index < -0.39 is 22.7 Å². The molecular formula is C18H22K3O8PS. The van der Waals surface area contributed by atoms with Crippen molar-refractivity contribution in [3.63, 3.8) is 0 Å². The van der Waals surface area contributed by atoms with E-state index in [0.717, 1.165) is 16.5 Å². The van der Waals surface area contributed by atoms with E-state index in [4.69, 9.17) is 23.5 Å². The van der Waals surface area contributed by atoms with Crippen LogP contribution in [-0.2, 0) is 21.1 Å². The number of ether oxygens (including phenoxy) is 1. The normalized spacial score (nSPS) is 12.2. The molecule has 0 spiro atoms. The summed E-state index contributed by atoms with van der Waals surface area (Å²) in [4.78, 5) is 16.1. The zero-order valence-corrected chi connectivity index (χ0v) is 16.3. The molecule has 13 heteroatoms. The van der Waals surface area contributed by atoms with Crippen molar-refractivity contribution in [1.82, 2.24) is 0 Å². The van der Waals surface area contributed by atoms with Crippen molar-refractivity contribution in [3.05, 3.63) is 60.4 Å². The zero-order chi connectivity index (χ0) is 20.4. The molecule has 0 aliphatic rings. The molecule has 8 nitrogen and oxygen atoms in total. The molecule has 0 saturated heterocycles. The summed E-state index contributed by atoms with van der Waals surface area (Å²) < 4.78 is 53.8. The van der Waals surface area contributed by atoms with Crippen LogP contribution in [0.1, 0.15) is 18.4 Å². The first kappa shape index (κ1) is 33.7. The molecule has 0 bridgehead atoms. The molecule has 1 atom stereocenters. The van der Waals surface area contributed by atoms with Crippen molar-refractivity contribution in [1.29, 1.82) is 0 Å². The molecule has 0 aliphatic carbocycles. The Bertz CT molecular complexity index is 1130. The number of hydrogen-bond acceptors (Lipinski definition) is 5. The molecule has 1 aromatic heterocycles. The van der Waals surface area contributed by atoms with Gasteiger partial charge in [-0.15, -0.1) is 0 Å². The number of aryl methyl sites for hydroxylation is 1. The first-order valence-electron chi connectivity index (χ1n) is 8.38. The van der Waals surface area contributed by atoms with Gasteiger partial charge in [-0.2, -0.15) is 8.42 Å². The molecule has 0 fully saturated rings. The second-order valence-corrected chi connectivity index (χ2v) is 10.1. The predicted molar refractivity (Wildman–Crippen MR) is 124 cm³/mol. The summed E-state index contributed by atoms with van der Waals surface area (Å²) in [5, 5.41) is 0.905. The van der Waals surface area contributed by atoms with Crippen LogP contribution in [0.2, 0.25) is 0 Å². The molecule has 3 N–H and O–H groups in total. The molecule has 0 amide bonds. The number of benzene rings is 2. The Labute approximate surface area is 308 Å². The summed E-state index contributed by atoms with van der Waals surface area (Å²) in [5.41, 5.74) is 1.56. The van der Waals surface area contributed by atoms with Gasteiger partial charge in [-0.25, -0.2) is 0 Å². The van der Waals surface area contributed by atoms with Crippen LogP contribution in [0.25, 0.3) is 11.0 Å². The first-order chi connectivity index (χ1) is 13.1. The number of rotatable bonds is 8. The zero-order valence-electron chi connectivity index (χ0n) is 14.6. The third kappa shape index (κ3) is 10.7. The van der Waals surface area contributed by atoms with Crippen molar-refractivity contribution in [2.24, 2.45) is 0 Å². The Hall–Kier alpha value is 2.75. The maximum atomic E-state index is 11.3. The van der Waals surface area contributed by atoms with Crippen molar-refractivity contribution in [2.45, 2.75) is 24.3 Å². The van der Waals surface area contributed by atoms with Crippen molar-refractivity contribution < 1.29 is 36.5 Å². The molecular weight excluding hydrogens is 525 g/mol. The third-order valence-electron chi connectivity index (χ3n) is 4.19. The Kier molecular flexibility index (Phi) is 16.4. The molecule has 2 aromatic carbocycles. The van der Waals surface area contributed by atoms with Crippen LogP contribution in [0.5, 0.6) is 11.5 Å². The van der Waals surface area contributed by atoms with Gasteiger partial charge in [0.2, 0.25) is 0 Å². The SMILES string of the molecule is O=P(O)(O)C(CCCc1cccc(Oc2ccc3occc3c2)c1)S(=O)(=O)O.[KH].[KH].[KH]. The minimum absolute atomic E-state index is 0. The van der Waals surface area contributed by atoms with Crippen molar-refractivity contribution in [2.75, 3.05) is 0 Å². The van der Waals surface area contributed by atoms with E-state index in [0.29, 0.717) is 17.9 Å².